The normalized spacial score (nSPS) is 19.5. The van der Waals surface area contributed by atoms with Gasteiger partial charge in [0.15, 0.2) is 6.10 Å². The third-order valence-corrected chi connectivity index (χ3v) is 5.02. The molecule has 0 aromatic heterocycles. The fourth-order valence-corrected chi connectivity index (χ4v) is 3.64. The number of halogens is 1. The third-order valence-electron chi connectivity index (χ3n) is 3.40. The van der Waals surface area contributed by atoms with E-state index in [-0.39, 0.29) is 18.4 Å². The van der Waals surface area contributed by atoms with Crippen molar-refractivity contribution < 1.29 is 19.4 Å². The lowest BCUT2D eigenvalue weighted by Gasteiger charge is -2.36. The number of carbonyl (C=O) groups is 2. The zero-order valence-corrected chi connectivity index (χ0v) is 14.6. The predicted molar refractivity (Wildman–Crippen MR) is 89.3 cm³/mol. The van der Waals surface area contributed by atoms with E-state index in [0.717, 1.165) is 10.2 Å². The van der Waals surface area contributed by atoms with E-state index in [4.69, 9.17) is 9.84 Å². The highest BCUT2D eigenvalue weighted by Gasteiger charge is 2.32. The van der Waals surface area contributed by atoms with Crippen molar-refractivity contribution in [1.82, 2.24) is 4.90 Å². The summed E-state index contributed by atoms with van der Waals surface area (Å²) in [6.45, 7) is 2.26. The Labute approximate surface area is 142 Å². The summed E-state index contributed by atoms with van der Waals surface area (Å²) in [6, 6.07) is 7.00. The summed E-state index contributed by atoms with van der Waals surface area (Å²) in [5, 5.41) is 8.98. The maximum absolute atomic E-state index is 12.6. The smallest absolute Gasteiger partial charge is 0.305 e. The molecule has 0 saturated carbocycles. The number of aliphatic carboxylic acids is 1. The van der Waals surface area contributed by atoms with E-state index in [0.29, 0.717) is 18.0 Å². The molecular formula is C15H18BrNO4S. The van der Waals surface area contributed by atoms with Crippen molar-refractivity contribution >= 4 is 39.6 Å². The molecule has 22 heavy (non-hydrogen) atoms. The average Bonchev–Trinajstić information content (AvgIpc) is 2.49. The highest BCUT2D eigenvalue weighted by atomic mass is 79.9. The molecule has 7 heteroatoms. The van der Waals surface area contributed by atoms with Gasteiger partial charge in [0, 0.05) is 22.5 Å². The Bertz CT molecular complexity index is 537. The Morgan fingerprint density at radius 1 is 1.45 bits per heavy atom. The molecule has 2 rings (SSSR count). The van der Waals surface area contributed by atoms with Gasteiger partial charge in [-0.15, -0.1) is 0 Å². The Morgan fingerprint density at radius 3 is 2.77 bits per heavy atom. The second kappa shape index (κ2) is 7.87. The monoisotopic (exact) mass is 387 g/mol. The van der Waals surface area contributed by atoms with Gasteiger partial charge in [0.1, 0.15) is 5.75 Å². The molecule has 1 aliphatic heterocycles. The first-order chi connectivity index (χ1) is 10.5. The number of amides is 1. The highest BCUT2D eigenvalue weighted by Crippen LogP contribution is 2.22. The second-order valence-electron chi connectivity index (χ2n) is 5.07. The van der Waals surface area contributed by atoms with Gasteiger partial charge in [-0.1, -0.05) is 15.9 Å². The van der Waals surface area contributed by atoms with Crippen LogP contribution in [0.1, 0.15) is 13.3 Å². The van der Waals surface area contributed by atoms with E-state index >= 15 is 0 Å². The van der Waals surface area contributed by atoms with E-state index in [2.05, 4.69) is 15.9 Å². The summed E-state index contributed by atoms with van der Waals surface area (Å²) >= 11 is 5.03. The van der Waals surface area contributed by atoms with Crippen LogP contribution in [0.2, 0.25) is 0 Å². The minimum Gasteiger partial charge on any atom is -0.481 e. The van der Waals surface area contributed by atoms with Crippen molar-refractivity contribution in [3.8, 4) is 5.75 Å². The first-order valence-corrected chi connectivity index (χ1v) is 8.94. The molecule has 0 bridgehead atoms. The summed E-state index contributed by atoms with van der Waals surface area (Å²) in [5.41, 5.74) is 0. The molecule has 1 aliphatic rings. The lowest BCUT2D eigenvalue weighted by atomic mass is 10.1. The van der Waals surface area contributed by atoms with Crippen LogP contribution in [0.15, 0.2) is 28.7 Å². The minimum atomic E-state index is -0.883. The van der Waals surface area contributed by atoms with Crippen molar-refractivity contribution in [2.45, 2.75) is 25.5 Å². The van der Waals surface area contributed by atoms with Gasteiger partial charge in [0.25, 0.3) is 5.91 Å². The van der Waals surface area contributed by atoms with Crippen LogP contribution < -0.4 is 4.74 Å². The fraction of sp³-hybridized carbons (Fsp3) is 0.467. The summed E-state index contributed by atoms with van der Waals surface area (Å²) < 4.78 is 6.61. The molecule has 1 aromatic carbocycles. The highest BCUT2D eigenvalue weighted by molar-refractivity contribution is 9.10. The molecule has 5 nitrogen and oxygen atoms in total. The fourth-order valence-electron chi connectivity index (χ4n) is 2.32. The second-order valence-corrected chi connectivity index (χ2v) is 7.14. The quantitative estimate of drug-likeness (QED) is 0.840. The zero-order chi connectivity index (χ0) is 16.1. The number of carboxylic acid groups (broad SMARTS) is 1. The van der Waals surface area contributed by atoms with E-state index in [1.807, 2.05) is 12.1 Å². The van der Waals surface area contributed by atoms with E-state index in [1.54, 1.807) is 35.7 Å². The first-order valence-electron chi connectivity index (χ1n) is 6.99. The summed E-state index contributed by atoms with van der Waals surface area (Å²) in [6.07, 6.45) is -0.662. The van der Waals surface area contributed by atoms with Gasteiger partial charge < -0.3 is 14.7 Å². The molecule has 0 spiro atoms. The van der Waals surface area contributed by atoms with Crippen LogP contribution in [-0.4, -0.2) is 52.1 Å². The van der Waals surface area contributed by atoms with E-state index in [9.17, 15) is 9.59 Å². The largest absolute Gasteiger partial charge is 0.481 e. The minimum absolute atomic E-state index is 0.0241. The molecular weight excluding hydrogens is 370 g/mol. The maximum atomic E-state index is 12.6. The standard InChI is InChI=1S/C15H18BrNO4S/c1-10(21-13-4-2-11(16)3-5-13)15(20)17-6-7-22-9-12(17)8-14(18)19/h2-5,10,12H,6-9H2,1H3,(H,18,19). The molecule has 1 heterocycles. The molecule has 1 amide bonds. The lowest BCUT2D eigenvalue weighted by molar-refractivity contribution is -0.143. The molecule has 1 saturated heterocycles. The zero-order valence-electron chi connectivity index (χ0n) is 12.2. The Balaban J connectivity index is 2.01. The molecule has 0 aliphatic carbocycles. The summed E-state index contributed by atoms with van der Waals surface area (Å²) in [4.78, 5) is 25.1. The van der Waals surface area contributed by atoms with Crippen LogP contribution in [0.4, 0.5) is 0 Å². The van der Waals surface area contributed by atoms with Gasteiger partial charge in [-0.2, -0.15) is 11.8 Å². The van der Waals surface area contributed by atoms with Gasteiger partial charge in [-0.05, 0) is 31.2 Å². The number of nitrogens with zero attached hydrogens (tertiary/aromatic N) is 1. The van der Waals surface area contributed by atoms with Crippen LogP contribution in [0.5, 0.6) is 5.75 Å². The molecule has 2 unspecified atom stereocenters. The van der Waals surface area contributed by atoms with Gasteiger partial charge in [-0.25, -0.2) is 0 Å². The maximum Gasteiger partial charge on any atom is 0.305 e. The number of thioether (sulfide) groups is 1. The molecule has 1 fully saturated rings. The number of rotatable bonds is 5. The van der Waals surface area contributed by atoms with Crippen LogP contribution >= 0.6 is 27.7 Å². The van der Waals surface area contributed by atoms with Gasteiger partial charge in [0.05, 0.1) is 12.5 Å². The van der Waals surface area contributed by atoms with Crippen molar-refractivity contribution in [2.75, 3.05) is 18.1 Å². The molecule has 1 N–H and O–H groups in total. The summed E-state index contributed by atoms with van der Waals surface area (Å²) in [5.74, 6) is 1.06. The Hall–Kier alpha value is -1.21. The third kappa shape index (κ3) is 4.64. The van der Waals surface area contributed by atoms with Gasteiger partial charge >= 0.3 is 5.97 Å². The van der Waals surface area contributed by atoms with Gasteiger partial charge in [-0.3, -0.25) is 9.59 Å². The number of hydrogen-bond acceptors (Lipinski definition) is 4. The Kier molecular flexibility index (Phi) is 6.14. The summed E-state index contributed by atoms with van der Waals surface area (Å²) in [7, 11) is 0. The number of carboxylic acids is 1. The molecule has 0 radical (unpaired) electrons. The first kappa shape index (κ1) is 17.1. The molecule has 2 atom stereocenters. The van der Waals surface area contributed by atoms with Crippen molar-refractivity contribution in [1.29, 1.82) is 0 Å². The van der Waals surface area contributed by atoms with Crippen LogP contribution in [0.25, 0.3) is 0 Å². The molecule has 1 aromatic rings. The van der Waals surface area contributed by atoms with E-state index < -0.39 is 12.1 Å². The van der Waals surface area contributed by atoms with Crippen LogP contribution in [-0.2, 0) is 9.59 Å². The number of benzene rings is 1. The van der Waals surface area contributed by atoms with Crippen molar-refractivity contribution in [3.63, 3.8) is 0 Å². The van der Waals surface area contributed by atoms with Crippen LogP contribution in [0, 0.1) is 0 Å². The number of hydrogen-bond donors (Lipinski definition) is 1. The lowest BCUT2D eigenvalue weighted by Crippen LogP contribution is -2.51. The number of ether oxygens (including phenoxy) is 1. The average molecular weight is 388 g/mol. The van der Waals surface area contributed by atoms with Crippen molar-refractivity contribution in [2.24, 2.45) is 0 Å². The van der Waals surface area contributed by atoms with Crippen LogP contribution in [0.3, 0.4) is 0 Å². The SMILES string of the molecule is CC(Oc1ccc(Br)cc1)C(=O)N1CCSCC1CC(=O)O. The molecule has 120 valence electrons. The Morgan fingerprint density at radius 2 is 2.14 bits per heavy atom. The number of carbonyl (C=O) groups excluding carboxylic acids is 1. The predicted octanol–water partition coefficient (Wildman–Crippen LogP) is 2.64. The van der Waals surface area contributed by atoms with E-state index in [1.165, 1.54) is 0 Å². The van der Waals surface area contributed by atoms with Crippen molar-refractivity contribution in [3.05, 3.63) is 28.7 Å². The topological polar surface area (TPSA) is 66.8 Å². The van der Waals surface area contributed by atoms with Gasteiger partial charge in [0.2, 0.25) is 0 Å².